The number of carboxylic acid groups (broad SMARTS) is 1. The third kappa shape index (κ3) is 4.32. The monoisotopic (exact) mass is 430 g/mol. The van der Waals surface area contributed by atoms with Gasteiger partial charge in [0.25, 0.3) is 0 Å². The first-order chi connectivity index (χ1) is 15.5. The topological polar surface area (TPSA) is 73.6 Å². The van der Waals surface area contributed by atoms with E-state index in [0.29, 0.717) is 17.9 Å². The zero-order chi connectivity index (χ0) is 23.1. The largest absolute Gasteiger partial charge is 0.496 e. The lowest BCUT2D eigenvalue weighted by Gasteiger charge is -2.35. The molecule has 0 saturated carbocycles. The first kappa shape index (κ1) is 23.3. The van der Waals surface area contributed by atoms with Crippen LogP contribution in [0.1, 0.15) is 37.3 Å². The van der Waals surface area contributed by atoms with Gasteiger partial charge in [0.05, 0.1) is 13.2 Å². The third-order valence-electron chi connectivity index (χ3n) is 6.38. The Morgan fingerprint density at radius 3 is 2.31 bits per heavy atom. The molecule has 2 atom stereocenters. The van der Waals surface area contributed by atoms with E-state index in [1.807, 2.05) is 80.6 Å². The van der Waals surface area contributed by atoms with E-state index in [4.69, 9.17) is 4.74 Å². The summed E-state index contributed by atoms with van der Waals surface area (Å²) in [6.07, 6.45) is 0.201. The van der Waals surface area contributed by atoms with Gasteiger partial charge in [-0.05, 0) is 41.9 Å². The van der Waals surface area contributed by atoms with E-state index in [9.17, 15) is 15.2 Å². The van der Waals surface area contributed by atoms with Gasteiger partial charge in [0.1, 0.15) is 5.75 Å². The molecule has 5 heteroatoms. The van der Waals surface area contributed by atoms with Gasteiger partial charge in [0, 0.05) is 18.0 Å². The lowest BCUT2D eigenvalue weighted by molar-refractivity contribution is -0.146. The maximum Gasteiger partial charge on any atom is 0.325 e. The normalized spacial score (nSPS) is 14.0. The number of benzene rings is 3. The highest BCUT2D eigenvalue weighted by Gasteiger charge is 2.49. The second-order valence-electron chi connectivity index (χ2n) is 7.91. The number of carboxylic acids is 1. The van der Waals surface area contributed by atoms with E-state index in [-0.39, 0.29) is 6.42 Å². The Bertz CT molecular complexity index is 1110. The molecule has 0 amide bonds. The summed E-state index contributed by atoms with van der Waals surface area (Å²) in [4.78, 5) is 15.0. The molecule has 32 heavy (non-hydrogen) atoms. The van der Waals surface area contributed by atoms with Crippen molar-refractivity contribution in [2.75, 3.05) is 26.7 Å². The van der Waals surface area contributed by atoms with Crippen LogP contribution >= 0.6 is 0 Å². The molecule has 0 bridgehead atoms. The first-order valence-corrected chi connectivity index (χ1v) is 11.0. The van der Waals surface area contributed by atoms with Gasteiger partial charge in [-0.25, -0.2) is 0 Å². The van der Waals surface area contributed by atoms with E-state index in [1.54, 1.807) is 7.11 Å². The number of nitriles is 1. The summed E-state index contributed by atoms with van der Waals surface area (Å²) >= 11 is 0. The van der Waals surface area contributed by atoms with Crippen molar-refractivity contribution < 1.29 is 14.6 Å². The second-order valence-corrected chi connectivity index (χ2v) is 7.91. The van der Waals surface area contributed by atoms with Gasteiger partial charge in [-0.3, -0.25) is 4.79 Å². The number of hydrogen-bond acceptors (Lipinski definition) is 4. The molecule has 0 saturated heterocycles. The van der Waals surface area contributed by atoms with Crippen LogP contribution in [0.5, 0.6) is 5.75 Å². The smallest absolute Gasteiger partial charge is 0.325 e. The fourth-order valence-corrected chi connectivity index (χ4v) is 4.52. The van der Waals surface area contributed by atoms with Gasteiger partial charge in [-0.15, -0.1) is 0 Å². The van der Waals surface area contributed by atoms with Crippen LogP contribution in [0, 0.1) is 16.7 Å². The molecule has 166 valence electrons. The number of rotatable bonds is 10. The zero-order valence-electron chi connectivity index (χ0n) is 18.9. The summed E-state index contributed by atoms with van der Waals surface area (Å²) in [5, 5.41) is 22.9. The molecule has 0 radical (unpaired) electrons. The van der Waals surface area contributed by atoms with Crippen LogP contribution in [0.4, 0.5) is 0 Å². The van der Waals surface area contributed by atoms with Crippen LogP contribution in [-0.2, 0) is 4.79 Å². The van der Waals surface area contributed by atoms with Crippen molar-refractivity contribution in [3.8, 4) is 11.8 Å². The van der Waals surface area contributed by atoms with Gasteiger partial charge in [-0.1, -0.05) is 74.5 Å². The van der Waals surface area contributed by atoms with Gasteiger partial charge >= 0.3 is 5.97 Å². The summed E-state index contributed by atoms with van der Waals surface area (Å²) in [7, 11) is 1.57. The average Bonchev–Trinajstić information content (AvgIpc) is 2.83. The molecule has 0 aliphatic heterocycles. The molecule has 0 aromatic heterocycles. The summed E-state index contributed by atoms with van der Waals surface area (Å²) in [5.74, 6) is -1.24. The fraction of sp³-hybridized carbons (Fsp3) is 0.333. The van der Waals surface area contributed by atoms with E-state index < -0.39 is 17.3 Å². The number of hydrogen-bond donors (Lipinski definition) is 1. The Morgan fingerprint density at radius 2 is 1.66 bits per heavy atom. The summed E-state index contributed by atoms with van der Waals surface area (Å²) in [5.41, 5.74) is -0.146. The van der Waals surface area contributed by atoms with Crippen LogP contribution in [0.25, 0.3) is 10.8 Å². The Kier molecular flexibility index (Phi) is 7.50. The summed E-state index contributed by atoms with van der Waals surface area (Å²) in [6, 6.07) is 23.4. The lowest BCUT2D eigenvalue weighted by atomic mass is 9.66. The molecule has 3 aromatic carbocycles. The highest BCUT2D eigenvalue weighted by Crippen LogP contribution is 2.48. The minimum Gasteiger partial charge on any atom is -0.496 e. The molecular formula is C27H30N2O3. The van der Waals surface area contributed by atoms with E-state index in [1.165, 1.54) is 0 Å². The van der Waals surface area contributed by atoms with Gasteiger partial charge in [0.15, 0.2) is 5.41 Å². The predicted molar refractivity (Wildman–Crippen MR) is 127 cm³/mol. The Balaban J connectivity index is 2.31. The fourth-order valence-electron chi connectivity index (χ4n) is 4.52. The Morgan fingerprint density at radius 1 is 1.03 bits per heavy atom. The Labute approximate surface area is 189 Å². The number of carbonyl (C=O) groups is 1. The van der Waals surface area contributed by atoms with Crippen molar-refractivity contribution in [3.05, 3.63) is 77.9 Å². The molecule has 0 unspecified atom stereocenters. The van der Waals surface area contributed by atoms with Gasteiger partial charge in [0.2, 0.25) is 0 Å². The molecule has 0 fully saturated rings. The van der Waals surface area contributed by atoms with Crippen molar-refractivity contribution in [2.24, 2.45) is 5.41 Å². The van der Waals surface area contributed by atoms with Crippen molar-refractivity contribution in [1.29, 1.82) is 5.26 Å². The van der Waals surface area contributed by atoms with Crippen LogP contribution in [0.15, 0.2) is 66.7 Å². The number of aliphatic carboxylic acids is 1. The second kappa shape index (κ2) is 10.3. The zero-order valence-corrected chi connectivity index (χ0v) is 18.9. The average molecular weight is 431 g/mol. The van der Waals surface area contributed by atoms with Crippen LogP contribution in [-0.4, -0.2) is 42.7 Å². The Hall–Kier alpha value is -3.36. The number of para-hydroxylation sites is 1. The summed E-state index contributed by atoms with van der Waals surface area (Å²) < 4.78 is 5.63. The molecule has 0 spiro atoms. The summed E-state index contributed by atoms with van der Waals surface area (Å²) in [6.45, 7) is 6.20. The van der Waals surface area contributed by atoms with Crippen molar-refractivity contribution in [1.82, 2.24) is 4.90 Å². The van der Waals surface area contributed by atoms with Crippen molar-refractivity contribution in [2.45, 2.75) is 26.2 Å². The molecule has 1 N–H and O–H groups in total. The van der Waals surface area contributed by atoms with Crippen molar-refractivity contribution >= 4 is 16.7 Å². The minimum atomic E-state index is -1.67. The molecular weight excluding hydrogens is 400 g/mol. The molecule has 0 aliphatic rings. The highest BCUT2D eigenvalue weighted by molar-refractivity contribution is 5.89. The van der Waals surface area contributed by atoms with Crippen LogP contribution < -0.4 is 4.74 Å². The number of methoxy groups -OCH3 is 1. The maximum absolute atomic E-state index is 12.9. The third-order valence-corrected chi connectivity index (χ3v) is 6.38. The minimum absolute atomic E-state index is 0.201. The van der Waals surface area contributed by atoms with Crippen molar-refractivity contribution in [3.63, 3.8) is 0 Å². The van der Waals surface area contributed by atoms with Gasteiger partial charge < -0.3 is 14.7 Å². The lowest BCUT2D eigenvalue weighted by Crippen LogP contribution is -2.40. The number of nitrogens with zero attached hydrogens (tertiary/aromatic N) is 2. The molecule has 3 aromatic rings. The molecule has 0 heterocycles. The maximum atomic E-state index is 12.9. The van der Waals surface area contributed by atoms with E-state index in [2.05, 4.69) is 11.0 Å². The molecule has 3 rings (SSSR count). The molecule has 5 nitrogen and oxygen atoms in total. The van der Waals surface area contributed by atoms with Crippen LogP contribution in [0.3, 0.4) is 0 Å². The predicted octanol–water partition coefficient (Wildman–Crippen LogP) is 5.31. The number of ether oxygens (including phenoxy) is 1. The quantitative estimate of drug-likeness (QED) is 0.472. The molecule has 0 aliphatic carbocycles. The SMILES string of the molecule is CCN(CC)CC[C@](C#N)(C(=O)O)[C@H](c1ccccc1OC)c1cccc2ccccc12. The van der Waals surface area contributed by atoms with E-state index >= 15 is 0 Å². The first-order valence-electron chi connectivity index (χ1n) is 11.0. The van der Waals surface area contributed by atoms with E-state index in [0.717, 1.165) is 29.4 Å². The number of fused-ring (bicyclic) bond motifs is 1. The van der Waals surface area contributed by atoms with Crippen LogP contribution in [0.2, 0.25) is 0 Å². The standard InChI is InChI=1S/C27H30N2O3/c1-4-29(5-2)18-17-27(19-28,26(30)31)25(23-14-8-9-16-24(23)32-3)22-15-10-12-20-11-6-7-13-21(20)22/h6-16,25H,4-5,17-18H2,1-3H3,(H,30,31)/t25-,27+/m0/s1. The highest BCUT2D eigenvalue weighted by atomic mass is 16.5. The van der Waals surface area contributed by atoms with Gasteiger partial charge in [-0.2, -0.15) is 5.26 Å².